The van der Waals surface area contributed by atoms with Crippen molar-refractivity contribution in [2.45, 2.75) is 24.9 Å². The molecular weight excluding hydrogens is 523 g/mol. The molecule has 36 heavy (non-hydrogen) atoms. The van der Waals surface area contributed by atoms with Crippen LogP contribution in [-0.4, -0.2) is 45.4 Å². The molecule has 0 radical (unpaired) electrons. The lowest BCUT2D eigenvalue weighted by atomic mass is 10.1. The van der Waals surface area contributed by atoms with Gasteiger partial charge in [-0.05, 0) is 30.7 Å². The van der Waals surface area contributed by atoms with Gasteiger partial charge in [0, 0.05) is 7.05 Å². The molecule has 2 heterocycles. The minimum atomic E-state index is -4.49. The standard InChI is InChI=1S/C21H20F3N5O5S2/c1-10-15(19(32)33-3)18(36-16(10)17(25)31)26-14(30)9-35-20-28-27-13(29(20)2)8-34-12-6-4-5-11(7-12)21(22,23)24/h4-7H,8-9H2,1-3H3,(H2,25,31)(H,26,30). The Balaban J connectivity index is 1.63. The number of thiophene rings is 1. The maximum Gasteiger partial charge on any atom is 0.416 e. The van der Waals surface area contributed by atoms with E-state index in [1.165, 1.54) is 30.7 Å². The summed E-state index contributed by atoms with van der Waals surface area (Å²) in [6, 6.07) is 4.45. The summed E-state index contributed by atoms with van der Waals surface area (Å²) in [5.41, 5.74) is 4.85. The number of nitrogens with two attached hydrogens (primary N) is 1. The number of amides is 2. The molecular formula is C21H20F3N5O5S2. The van der Waals surface area contributed by atoms with Gasteiger partial charge >= 0.3 is 12.1 Å². The molecule has 192 valence electrons. The number of primary amides is 1. The average Bonchev–Trinajstić information content (AvgIpc) is 3.34. The Morgan fingerprint density at radius 1 is 1.25 bits per heavy atom. The number of hydrogen-bond acceptors (Lipinski definition) is 9. The molecule has 0 aliphatic heterocycles. The Bertz CT molecular complexity index is 1310. The van der Waals surface area contributed by atoms with E-state index in [4.69, 9.17) is 15.2 Å². The normalized spacial score (nSPS) is 11.3. The van der Waals surface area contributed by atoms with Crippen molar-refractivity contribution in [2.24, 2.45) is 12.8 Å². The van der Waals surface area contributed by atoms with Gasteiger partial charge in [0.2, 0.25) is 5.91 Å². The van der Waals surface area contributed by atoms with Gasteiger partial charge < -0.3 is 25.1 Å². The van der Waals surface area contributed by atoms with Gasteiger partial charge in [0.1, 0.15) is 17.4 Å². The number of methoxy groups -OCH3 is 1. The molecule has 2 amide bonds. The quantitative estimate of drug-likeness (QED) is 0.309. The molecule has 0 saturated carbocycles. The topological polar surface area (TPSA) is 138 Å². The number of hydrogen-bond donors (Lipinski definition) is 2. The van der Waals surface area contributed by atoms with Crippen LogP contribution in [0.25, 0.3) is 0 Å². The molecule has 10 nitrogen and oxygen atoms in total. The summed E-state index contributed by atoms with van der Waals surface area (Å²) in [5.74, 6) is -1.74. The molecule has 0 fully saturated rings. The third-order valence-electron chi connectivity index (χ3n) is 4.80. The van der Waals surface area contributed by atoms with Crippen LogP contribution in [0.3, 0.4) is 0 Å². The fourth-order valence-electron chi connectivity index (χ4n) is 2.98. The number of aromatic nitrogens is 3. The number of nitrogens with zero attached hydrogens (tertiary/aromatic N) is 3. The van der Waals surface area contributed by atoms with Crippen LogP contribution in [0.2, 0.25) is 0 Å². The molecule has 0 aliphatic rings. The minimum absolute atomic E-state index is 0.0180. The molecule has 0 saturated heterocycles. The summed E-state index contributed by atoms with van der Waals surface area (Å²) < 4.78 is 50.3. The number of carbonyl (C=O) groups is 3. The van der Waals surface area contributed by atoms with Crippen LogP contribution in [-0.2, 0) is 29.4 Å². The Morgan fingerprint density at radius 3 is 2.61 bits per heavy atom. The van der Waals surface area contributed by atoms with Crippen LogP contribution >= 0.6 is 23.1 Å². The van der Waals surface area contributed by atoms with Crippen molar-refractivity contribution >= 4 is 45.9 Å². The third-order valence-corrected chi connectivity index (χ3v) is 7.04. The van der Waals surface area contributed by atoms with Crippen molar-refractivity contribution in [3.63, 3.8) is 0 Å². The van der Waals surface area contributed by atoms with Gasteiger partial charge in [-0.2, -0.15) is 13.2 Å². The van der Waals surface area contributed by atoms with E-state index < -0.39 is 29.5 Å². The van der Waals surface area contributed by atoms with E-state index in [-0.39, 0.29) is 33.6 Å². The molecule has 3 aromatic rings. The zero-order valence-corrected chi connectivity index (χ0v) is 20.8. The van der Waals surface area contributed by atoms with Gasteiger partial charge in [-0.3, -0.25) is 9.59 Å². The van der Waals surface area contributed by atoms with Crippen molar-refractivity contribution in [3.05, 3.63) is 51.7 Å². The molecule has 0 atom stereocenters. The highest BCUT2D eigenvalue weighted by atomic mass is 32.2. The fraction of sp³-hybridized carbons (Fsp3) is 0.286. The molecule has 2 aromatic heterocycles. The maximum absolute atomic E-state index is 12.9. The average molecular weight is 544 g/mol. The zero-order chi connectivity index (χ0) is 26.6. The van der Waals surface area contributed by atoms with Gasteiger partial charge in [-0.1, -0.05) is 17.8 Å². The predicted molar refractivity (Wildman–Crippen MR) is 125 cm³/mol. The van der Waals surface area contributed by atoms with Gasteiger partial charge in [0.25, 0.3) is 5.91 Å². The minimum Gasteiger partial charge on any atom is -0.486 e. The number of rotatable bonds is 9. The molecule has 3 N–H and O–H groups in total. The van der Waals surface area contributed by atoms with E-state index in [9.17, 15) is 27.6 Å². The van der Waals surface area contributed by atoms with E-state index in [1.807, 2.05) is 0 Å². The Hall–Kier alpha value is -3.59. The molecule has 0 spiro atoms. The number of halogens is 3. The van der Waals surface area contributed by atoms with Crippen LogP contribution in [0.1, 0.15) is 37.0 Å². The van der Waals surface area contributed by atoms with Crippen LogP contribution in [0.4, 0.5) is 18.2 Å². The lowest BCUT2D eigenvalue weighted by molar-refractivity contribution is -0.137. The monoisotopic (exact) mass is 543 g/mol. The summed E-state index contributed by atoms with van der Waals surface area (Å²) in [7, 11) is 2.79. The number of thioether (sulfide) groups is 1. The van der Waals surface area contributed by atoms with Crippen molar-refractivity contribution in [2.75, 3.05) is 18.2 Å². The highest BCUT2D eigenvalue weighted by Gasteiger charge is 2.30. The van der Waals surface area contributed by atoms with Crippen molar-refractivity contribution in [1.29, 1.82) is 0 Å². The number of benzene rings is 1. The molecule has 1 aromatic carbocycles. The first kappa shape index (κ1) is 27.0. The Kier molecular flexibility index (Phi) is 8.24. The van der Waals surface area contributed by atoms with E-state index in [0.29, 0.717) is 16.5 Å². The first-order valence-electron chi connectivity index (χ1n) is 10.0. The van der Waals surface area contributed by atoms with Gasteiger partial charge in [-0.25, -0.2) is 4.79 Å². The Labute approximate surface area is 211 Å². The number of alkyl halides is 3. The summed E-state index contributed by atoms with van der Waals surface area (Å²) in [6.07, 6.45) is -4.49. The lowest BCUT2D eigenvalue weighted by Gasteiger charge is -2.10. The zero-order valence-electron chi connectivity index (χ0n) is 19.1. The highest BCUT2D eigenvalue weighted by Crippen LogP contribution is 2.34. The molecule has 15 heteroatoms. The summed E-state index contributed by atoms with van der Waals surface area (Å²) >= 11 is 1.90. The van der Waals surface area contributed by atoms with Crippen molar-refractivity contribution in [1.82, 2.24) is 14.8 Å². The number of carbonyl (C=O) groups excluding carboxylic acids is 3. The van der Waals surface area contributed by atoms with E-state index in [0.717, 1.165) is 35.2 Å². The van der Waals surface area contributed by atoms with Gasteiger partial charge in [0.15, 0.2) is 11.0 Å². The van der Waals surface area contributed by atoms with E-state index in [1.54, 1.807) is 7.05 Å². The first-order chi connectivity index (χ1) is 16.9. The largest absolute Gasteiger partial charge is 0.486 e. The number of anilines is 1. The third kappa shape index (κ3) is 6.15. The molecule has 0 bridgehead atoms. The second-order valence-corrected chi connectivity index (χ2v) is 9.19. The van der Waals surface area contributed by atoms with Crippen LogP contribution in [0, 0.1) is 6.92 Å². The maximum atomic E-state index is 12.9. The van der Waals surface area contributed by atoms with Crippen molar-refractivity contribution < 1.29 is 37.0 Å². The highest BCUT2D eigenvalue weighted by molar-refractivity contribution is 7.99. The molecule has 3 rings (SSSR count). The number of esters is 1. The summed E-state index contributed by atoms with van der Waals surface area (Å²) in [4.78, 5) is 36.4. The molecule has 0 aliphatic carbocycles. The Morgan fingerprint density at radius 2 is 1.97 bits per heavy atom. The first-order valence-corrected chi connectivity index (χ1v) is 11.8. The smallest absolute Gasteiger partial charge is 0.416 e. The van der Waals surface area contributed by atoms with Crippen molar-refractivity contribution in [3.8, 4) is 5.75 Å². The van der Waals surface area contributed by atoms with Gasteiger partial charge in [-0.15, -0.1) is 21.5 Å². The van der Waals surface area contributed by atoms with Crippen LogP contribution in [0.5, 0.6) is 5.75 Å². The second kappa shape index (κ2) is 11.0. The number of nitrogens with one attached hydrogen (secondary N) is 1. The fourth-order valence-corrected chi connectivity index (χ4v) is 4.78. The molecule has 0 unspecified atom stereocenters. The van der Waals surface area contributed by atoms with E-state index >= 15 is 0 Å². The summed E-state index contributed by atoms with van der Waals surface area (Å²) in [6.45, 7) is 1.38. The second-order valence-electron chi connectivity index (χ2n) is 7.23. The van der Waals surface area contributed by atoms with Gasteiger partial charge in [0.05, 0.1) is 28.9 Å². The SMILES string of the molecule is COC(=O)c1c(NC(=O)CSc2nnc(COc3cccc(C(F)(F)F)c3)n2C)sc(C(N)=O)c1C. The number of ether oxygens (including phenoxy) is 2. The lowest BCUT2D eigenvalue weighted by Crippen LogP contribution is -2.16. The van der Waals surface area contributed by atoms with E-state index in [2.05, 4.69) is 15.5 Å². The predicted octanol–water partition coefficient (Wildman–Crippen LogP) is 3.40. The van der Waals surface area contributed by atoms with Crippen LogP contribution in [0.15, 0.2) is 29.4 Å². The summed E-state index contributed by atoms with van der Waals surface area (Å²) in [5, 5.41) is 11.0. The van der Waals surface area contributed by atoms with Crippen LogP contribution < -0.4 is 15.8 Å².